The summed E-state index contributed by atoms with van der Waals surface area (Å²) in [6.45, 7) is 3.36. The number of aromatic hydroxyl groups is 1. The average molecular weight is 178 g/mol. The Balaban J connectivity index is 3.13. The highest BCUT2D eigenvalue weighted by atomic mass is 16.5. The average Bonchev–Trinajstić information content (AvgIpc) is 2.17. The van der Waals surface area contributed by atoms with Crippen molar-refractivity contribution in [3.8, 4) is 11.5 Å². The maximum Gasteiger partial charge on any atom is 0.185 e. The molecule has 1 rings (SSSR count). The van der Waals surface area contributed by atoms with Crippen LogP contribution in [0.4, 0.5) is 0 Å². The third kappa shape index (κ3) is 1.87. The minimum atomic E-state index is -0.196. The van der Waals surface area contributed by atoms with Gasteiger partial charge >= 0.3 is 0 Å². The Bertz CT molecular complexity index is 342. The maximum absolute atomic E-state index is 11.1. The van der Waals surface area contributed by atoms with Gasteiger partial charge in [0.1, 0.15) is 0 Å². The van der Waals surface area contributed by atoms with Crippen molar-refractivity contribution in [2.75, 3.05) is 7.11 Å². The molecular formula is C10H10O3. The number of phenolic OH excluding ortho intramolecular Hbond substituents is 1. The van der Waals surface area contributed by atoms with Gasteiger partial charge in [0, 0.05) is 5.56 Å². The molecule has 0 aromatic heterocycles. The van der Waals surface area contributed by atoms with Crippen LogP contribution in [0.5, 0.6) is 11.5 Å². The van der Waals surface area contributed by atoms with Crippen molar-refractivity contribution in [1.29, 1.82) is 0 Å². The summed E-state index contributed by atoms with van der Waals surface area (Å²) in [5, 5.41) is 9.23. The van der Waals surface area contributed by atoms with Crippen LogP contribution in [0.3, 0.4) is 0 Å². The number of hydrogen-bond acceptors (Lipinski definition) is 3. The first-order chi connectivity index (χ1) is 6.19. The van der Waals surface area contributed by atoms with E-state index in [2.05, 4.69) is 6.58 Å². The number of benzene rings is 1. The van der Waals surface area contributed by atoms with Crippen LogP contribution in [-0.4, -0.2) is 18.0 Å². The Kier molecular flexibility index (Phi) is 2.69. The van der Waals surface area contributed by atoms with Crippen LogP contribution in [0, 0.1) is 0 Å². The Hall–Kier alpha value is -1.77. The van der Waals surface area contributed by atoms with E-state index in [-0.39, 0.29) is 17.3 Å². The molecule has 3 nitrogen and oxygen atoms in total. The van der Waals surface area contributed by atoms with Gasteiger partial charge in [0.25, 0.3) is 0 Å². The number of methoxy groups -OCH3 is 1. The lowest BCUT2D eigenvalue weighted by Crippen LogP contribution is -1.94. The molecule has 1 aromatic rings. The van der Waals surface area contributed by atoms with Crippen LogP contribution in [0.15, 0.2) is 30.9 Å². The second-order valence-corrected chi connectivity index (χ2v) is 2.46. The van der Waals surface area contributed by atoms with Gasteiger partial charge in [0.15, 0.2) is 17.3 Å². The molecule has 0 aliphatic rings. The Labute approximate surface area is 76.3 Å². The molecule has 0 heterocycles. The van der Waals surface area contributed by atoms with E-state index in [0.29, 0.717) is 5.56 Å². The predicted octanol–water partition coefficient (Wildman–Crippen LogP) is 1.77. The number of ketones is 1. The van der Waals surface area contributed by atoms with Crippen molar-refractivity contribution in [2.45, 2.75) is 0 Å². The summed E-state index contributed by atoms with van der Waals surface area (Å²) in [5.41, 5.74) is 0.449. The van der Waals surface area contributed by atoms with E-state index in [1.807, 2.05) is 0 Å². The second kappa shape index (κ2) is 3.76. The SMILES string of the molecule is C=CC(=O)c1ccc(O)c(OC)c1. The highest BCUT2D eigenvalue weighted by Crippen LogP contribution is 2.26. The van der Waals surface area contributed by atoms with E-state index in [9.17, 15) is 9.90 Å². The van der Waals surface area contributed by atoms with Crippen LogP contribution in [0.1, 0.15) is 10.4 Å². The second-order valence-electron chi connectivity index (χ2n) is 2.46. The zero-order valence-electron chi connectivity index (χ0n) is 7.28. The van der Waals surface area contributed by atoms with Gasteiger partial charge in [-0.25, -0.2) is 0 Å². The molecule has 1 N–H and O–H groups in total. The van der Waals surface area contributed by atoms with Gasteiger partial charge in [0.2, 0.25) is 0 Å². The first-order valence-corrected chi connectivity index (χ1v) is 3.73. The summed E-state index contributed by atoms with van der Waals surface area (Å²) in [6.07, 6.45) is 1.21. The first kappa shape index (κ1) is 9.32. The molecular weight excluding hydrogens is 168 g/mol. The summed E-state index contributed by atoms with van der Waals surface area (Å²) in [7, 11) is 1.43. The van der Waals surface area contributed by atoms with E-state index in [1.165, 1.54) is 31.4 Å². The third-order valence-corrected chi connectivity index (χ3v) is 1.65. The van der Waals surface area contributed by atoms with Gasteiger partial charge in [-0.1, -0.05) is 6.58 Å². The largest absolute Gasteiger partial charge is 0.504 e. The molecule has 0 unspecified atom stereocenters. The third-order valence-electron chi connectivity index (χ3n) is 1.65. The lowest BCUT2D eigenvalue weighted by atomic mass is 10.1. The fraction of sp³-hybridized carbons (Fsp3) is 0.100. The number of hydrogen-bond donors (Lipinski definition) is 1. The molecule has 13 heavy (non-hydrogen) atoms. The molecule has 3 heteroatoms. The Morgan fingerprint density at radius 1 is 1.62 bits per heavy atom. The molecule has 0 saturated heterocycles. The van der Waals surface area contributed by atoms with Crippen LogP contribution < -0.4 is 4.74 Å². The molecule has 0 saturated carbocycles. The maximum atomic E-state index is 11.1. The van der Waals surface area contributed by atoms with Gasteiger partial charge in [-0.3, -0.25) is 4.79 Å². The van der Waals surface area contributed by atoms with Gasteiger partial charge in [0.05, 0.1) is 7.11 Å². The zero-order chi connectivity index (χ0) is 9.84. The normalized spacial score (nSPS) is 9.31. The summed E-state index contributed by atoms with van der Waals surface area (Å²) in [6, 6.07) is 4.40. The predicted molar refractivity (Wildman–Crippen MR) is 49.2 cm³/mol. The molecule has 0 atom stereocenters. The first-order valence-electron chi connectivity index (χ1n) is 3.73. The number of allylic oxidation sites excluding steroid dienone is 1. The summed E-state index contributed by atoms with van der Waals surface area (Å²) in [4.78, 5) is 11.1. The van der Waals surface area contributed by atoms with Crippen molar-refractivity contribution in [3.63, 3.8) is 0 Å². The molecule has 0 amide bonds. The molecule has 0 radical (unpaired) electrons. The highest BCUT2D eigenvalue weighted by molar-refractivity contribution is 6.04. The van der Waals surface area contributed by atoms with Crippen molar-refractivity contribution < 1.29 is 14.6 Å². The monoisotopic (exact) mass is 178 g/mol. The molecule has 1 aromatic carbocycles. The van der Waals surface area contributed by atoms with E-state index in [1.54, 1.807) is 0 Å². The summed E-state index contributed by atoms with van der Waals surface area (Å²) < 4.78 is 4.84. The van der Waals surface area contributed by atoms with Crippen molar-refractivity contribution in [1.82, 2.24) is 0 Å². The van der Waals surface area contributed by atoms with E-state index in [4.69, 9.17) is 4.74 Å². The van der Waals surface area contributed by atoms with Crippen LogP contribution in [-0.2, 0) is 0 Å². The lowest BCUT2D eigenvalue weighted by Gasteiger charge is -2.03. The molecule has 68 valence electrons. The van der Waals surface area contributed by atoms with Gasteiger partial charge in [-0.05, 0) is 24.3 Å². The van der Waals surface area contributed by atoms with Crippen molar-refractivity contribution >= 4 is 5.78 Å². The minimum absolute atomic E-state index is 0.0168. The van der Waals surface area contributed by atoms with Gasteiger partial charge in [-0.2, -0.15) is 0 Å². The highest BCUT2D eigenvalue weighted by Gasteiger charge is 2.06. The van der Waals surface area contributed by atoms with Crippen LogP contribution >= 0.6 is 0 Å². The van der Waals surface area contributed by atoms with E-state index < -0.39 is 0 Å². The molecule has 0 aliphatic carbocycles. The van der Waals surface area contributed by atoms with E-state index >= 15 is 0 Å². The number of carbonyl (C=O) groups is 1. The number of carbonyl (C=O) groups excluding carboxylic acids is 1. The summed E-state index contributed by atoms with van der Waals surface area (Å²) >= 11 is 0. The topological polar surface area (TPSA) is 46.5 Å². The van der Waals surface area contributed by atoms with Crippen LogP contribution in [0.25, 0.3) is 0 Å². The van der Waals surface area contributed by atoms with Gasteiger partial charge < -0.3 is 9.84 Å². The zero-order valence-corrected chi connectivity index (χ0v) is 7.28. The smallest absolute Gasteiger partial charge is 0.185 e. The van der Waals surface area contributed by atoms with Crippen LogP contribution in [0.2, 0.25) is 0 Å². The molecule has 0 spiro atoms. The fourth-order valence-electron chi connectivity index (χ4n) is 0.949. The standard InChI is InChI=1S/C10H10O3/c1-3-8(11)7-4-5-9(12)10(6-7)13-2/h3-6,12H,1H2,2H3. The Morgan fingerprint density at radius 2 is 2.31 bits per heavy atom. The Morgan fingerprint density at radius 3 is 2.85 bits per heavy atom. The minimum Gasteiger partial charge on any atom is -0.504 e. The fourth-order valence-corrected chi connectivity index (χ4v) is 0.949. The number of rotatable bonds is 3. The van der Waals surface area contributed by atoms with Gasteiger partial charge in [-0.15, -0.1) is 0 Å². The van der Waals surface area contributed by atoms with Crippen molar-refractivity contribution in [3.05, 3.63) is 36.4 Å². The van der Waals surface area contributed by atoms with E-state index in [0.717, 1.165) is 0 Å². The van der Waals surface area contributed by atoms with Crippen molar-refractivity contribution in [2.24, 2.45) is 0 Å². The molecule has 0 aliphatic heterocycles. The molecule has 0 bridgehead atoms. The molecule has 0 fully saturated rings. The lowest BCUT2D eigenvalue weighted by molar-refractivity contribution is 0.104. The quantitative estimate of drug-likeness (QED) is 0.566. The number of ether oxygens (including phenoxy) is 1. The summed E-state index contributed by atoms with van der Waals surface area (Å²) in [5.74, 6) is 0.106. The number of phenols is 1.